The SMILES string of the molecule is CCCN(Cc1nnc(-c2ccccc2Cl)o1)C(=O)c1ccc(F)cc1Br. The van der Waals surface area contributed by atoms with Crippen molar-refractivity contribution in [3.63, 3.8) is 0 Å². The minimum Gasteiger partial charge on any atom is -0.419 e. The second kappa shape index (κ2) is 8.63. The maximum Gasteiger partial charge on any atom is 0.255 e. The number of amides is 1. The number of hydrogen-bond donors (Lipinski definition) is 0. The second-order valence-electron chi connectivity index (χ2n) is 5.83. The third kappa shape index (κ3) is 4.54. The summed E-state index contributed by atoms with van der Waals surface area (Å²) in [5.74, 6) is -0.0737. The van der Waals surface area contributed by atoms with Crippen molar-refractivity contribution < 1.29 is 13.6 Å². The Morgan fingerprint density at radius 3 is 2.74 bits per heavy atom. The number of benzene rings is 2. The Hall–Kier alpha value is -2.25. The molecule has 1 heterocycles. The highest BCUT2D eigenvalue weighted by Crippen LogP contribution is 2.27. The van der Waals surface area contributed by atoms with Crippen LogP contribution in [0, 0.1) is 5.82 Å². The largest absolute Gasteiger partial charge is 0.419 e. The summed E-state index contributed by atoms with van der Waals surface area (Å²) in [6.45, 7) is 2.60. The molecule has 0 N–H and O–H groups in total. The van der Waals surface area contributed by atoms with Crippen LogP contribution in [-0.2, 0) is 6.54 Å². The molecule has 0 aliphatic heterocycles. The Morgan fingerprint density at radius 1 is 1.26 bits per heavy atom. The minimum absolute atomic E-state index is 0.147. The third-order valence-corrected chi connectivity index (χ3v) is 4.83. The first kappa shape index (κ1) is 19.5. The van der Waals surface area contributed by atoms with E-state index in [2.05, 4.69) is 26.1 Å². The van der Waals surface area contributed by atoms with E-state index >= 15 is 0 Å². The Bertz CT molecular complexity index is 964. The summed E-state index contributed by atoms with van der Waals surface area (Å²) >= 11 is 9.40. The van der Waals surface area contributed by atoms with Crippen molar-refractivity contribution in [2.24, 2.45) is 0 Å². The first-order valence-electron chi connectivity index (χ1n) is 8.31. The van der Waals surface area contributed by atoms with Crippen LogP contribution in [0.15, 0.2) is 51.4 Å². The molecule has 0 fully saturated rings. The molecule has 0 radical (unpaired) electrons. The fourth-order valence-corrected chi connectivity index (χ4v) is 3.32. The Labute approximate surface area is 169 Å². The van der Waals surface area contributed by atoms with E-state index in [0.717, 1.165) is 6.42 Å². The fraction of sp³-hybridized carbons (Fsp3) is 0.211. The highest BCUT2D eigenvalue weighted by Gasteiger charge is 2.21. The third-order valence-electron chi connectivity index (χ3n) is 3.84. The molecular formula is C19H16BrClFN3O2. The van der Waals surface area contributed by atoms with E-state index in [-0.39, 0.29) is 12.5 Å². The highest BCUT2D eigenvalue weighted by molar-refractivity contribution is 9.10. The summed E-state index contributed by atoms with van der Waals surface area (Å²) in [6.07, 6.45) is 0.746. The van der Waals surface area contributed by atoms with Crippen molar-refractivity contribution in [3.05, 3.63) is 69.2 Å². The predicted molar refractivity (Wildman–Crippen MR) is 104 cm³/mol. The smallest absolute Gasteiger partial charge is 0.255 e. The lowest BCUT2D eigenvalue weighted by Crippen LogP contribution is -2.31. The number of halogens is 3. The molecule has 0 saturated heterocycles. The van der Waals surface area contributed by atoms with Gasteiger partial charge in [-0.3, -0.25) is 4.79 Å². The highest BCUT2D eigenvalue weighted by atomic mass is 79.9. The molecule has 3 aromatic rings. The van der Waals surface area contributed by atoms with Gasteiger partial charge in [-0.15, -0.1) is 10.2 Å². The first-order valence-corrected chi connectivity index (χ1v) is 9.48. The summed E-state index contributed by atoms with van der Waals surface area (Å²) in [7, 11) is 0. The molecule has 3 rings (SSSR count). The first-order chi connectivity index (χ1) is 13.0. The summed E-state index contributed by atoms with van der Waals surface area (Å²) < 4.78 is 19.4. The molecular weight excluding hydrogens is 437 g/mol. The van der Waals surface area contributed by atoms with Gasteiger partial charge in [-0.1, -0.05) is 30.7 Å². The molecule has 2 aromatic carbocycles. The van der Waals surface area contributed by atoms with Gasteiger partial charge in [0.25, 0.3) is 5.91 Å². The number of carbonyl (C=O) groups is 1. The van der Waals surface area contributed by atoms with Crippen molar-refractivity contribution in [2.45, 2.75) is 19.9 Å². The molecule has 0 aliphatic rings. The minimum atomic E-state index is -0.415. The van der Waals surface area contributed by atoms with Gasteiger partial charge in [0.2, 0.25) is 11.8 Å². The van der Waals surface area contributed by atoms with Crippen molar-refractivity contribution >= 4 is 33.4 Å². The van der Waals surface area contributed by atoms with Crippen LogP contribution >= 0.6 is 27.5 Å². The van der Waals surface area contributed by atoms with Crippen molar-refractivity contribution in [2.75, 3.05) is 6.54 Å². The average molecular weight is 453 g/mol. The van der Waals surface area contributed by atoms with E-state index in [0.29, 0.717) is 38.9 Å². The maximum atomic E-state index is 13.3. The van der Waals surface area contributed by atoms with Gasteiger partial charge in [0, 0.05) is 11.0 Å². The summed E-state index contributed by atoms with van der Waals surface area (Å²) in [5.41, 5.74) is 1.00. The molecule has 0 atom stereocenters. The summed E-state index contributed by atoms with van der Waals surface area (Å²) in [4.78, 5) is 14.4. The van der Waals surface area contributed by atoms with E-state index in [1.165, 1.54) is 18.2 Å². The number of nitrogens with zero attached hydrogens (tertiary/aromatic N) is 3. The maximum absolute atomic E-state index is 13.3. The Balaban J connectivity index is 1.83. The van der Waals surface area contributed by atoms with Crippen LogP contribution in [0.25, 0.3) is 11.5 Å². The van der Waals surface area contributed by atoms with Crippen molar-refractivity contribution in [1.29, 1.82) is 0 Å². The van der Waals surface area contributed by atoms with Gasteiger partial charge in [-0.05, 0) is 52.7 Å². The molecule has 5 nitrogen and oxygen atoms in total. The zero-order chi connectivity index (χ0) is 19.4. The lowest BCUT2D eigenvalue weighted by Gasteiger charge is -2.21. The van der Waals surface area contributed by atoms with Crippen molar-refractivity contribution in [1.82, 2.24) is 15.1 Å². The molecule has 0 unspecified atom stereocenters. The number of aromatic nitrogens is 2. The zero-order valence-corrected chi connectivity index (χ0v) is 16.8. The number of carbonyl (C=O) groups excluding carboxylic acids is 1. The average Bonchev–Trinajstić information content (AvgIpc) is 3.09. The lowest BCUT2D eigenvalue weighted by atomic mass is 10.2. The summed E-state index contributed by atoms with van der Waals surface area (Å²) in [6, 6.07) is 11.1. The molecule has 0 saturated carbocycles. The van der Waals surface area contributed by atoms with E-state index in [9.17, 15) is 9.18 Å². The monoisotopic (exact) mass is 451 g/mol. The van der Waals surface area contributed by atoms with Crippen LogP contribution in [0.5, 0.6) is 0 Å². The van der Waals surface area contributed by atoms with E-state index in [1.807, 2.05) is 19.1 Å². The lowest BCUT2D eigenvalue weighted by molar-refractivity contribution is 0.0727. The second-order valence-corrected chi connectivity index (χ2v) is 7.09. The van der Waals surface area contributed by atoms with Crippen LogP contribution in [-0.4, -0.2) is 27.5 Å². The van der Waals surface area contributed by atoms with Gasteiger partial charge in [0.15, 0.2) is 0 Å². The number of hydrogen-bond acceptors (Lipinski definition) is 4. The molecule has 8 heteroatoms. The van der Waals surface area contributed by atoms with E-state index in [1.54, 1.807) is 17.0 Å². The molecule has 0 spiro atoms. The van der Waals surface area contributed by atoms with Gasteiger partial charge in [-0.25, -0.2) is 4.39 Å². The van der Waals surface area contributed by atoms with Crippen LogP contribution in [0.4, 0.5) is 4.39 Å². The molecule has 1 aromatic heterocycles. The molecule has 0 bridgehead atoms. The topological polar surface area (TPSA) is 59.2 Å². The quantitative estimate of drug-likeness (QED) is 0.506. The predicted octanol–water partition coefficient (Wildman–Crippen LogP) is 5.34. The Kier molecular flexibility index (Phi) is 6.23. The van der Waals surface area contributed by atoms with Gasteiger partial charge < -0.3 is 9.32 Å². The van der Waals surface area contributed by atoms with Gasteiger partial charge >= 0.3 is 0 Å². The molecule has 1 amide bonds. The molecule has 27 heavy (non-hydrogen) atoms. The van der Waals surface area contributed by atoms with Gasteiger partial charge in [-0.2, -0.15) is 0 Å². The molecule has 0 aliphatic carbocycles. The standard InChI is InChI=1S/C19H16BrClFN3O2/c1-2-9-25(19(26)13-8-7-12(22)10-15(13)20)11-17-23-24-18(27-17)14-5-3-4-6-16(14)21/h3-8,10H,2,9,11H2,1H3. The van der Waals surface area contributed by atoms with Gasteiger partial charge in [0.1, 0.15) is 5.82 Å². The van der Waals surface area contributed by atoms with Crippen LogP contribution in [0.3, 0.4) is 0 Å². The Morgan fingerprint density at radius 2 is 2.04 bits per heavy atom. The van der Waals surface area contributed by atoms with E-state index < -0.39 is 5.82 Å². The van der Waals surface area contributed by atoms with Crippen LogP contribution in [0.2, 0.25) is 5.02 Å². The van der Waals surface area contributed by atoms with Crippen LogP contribution < -0.4 is 0 Å². The normalized spacial score (nSPS) is 10.8. The van der Waals surface area contributed by atoms with E-state index in [4.69, 9.17) is 16.0 Å². The number of rotatable bonds is 6. The zero-order valence-electron chi connectivity index (χ0n) is 14.5. The summed E-state index contributed by atoms with van der Waals surface area (Å²) in [5, 5.41) is 8.56. The molecule has 140 valence electrons. The fourth-order valence-electron chi connectivity index (χ4n) is 2.58. The van der Waals surface area contributed by atoms with Gasteiger partial charge in [0.05, 0.1) is 22.7 Å². The van der Waals surface area contributed by atoms with Crippen molar-refractivity contribution in [3.8, 4) is 11.5 Å². The van der Waals surface area contributed by atoms with Crippen LogP contribution in [0.1, 0.15) is 29.6 Å².